The molecule has 1 saturated carbocycles. The van der Waals surface area contributed by atoms with Gasteiger partial charge in [-0.1, -0.05) is 6.92 Å². The first kappa shape index (κ1) is 10.9. The third kappa shape index (κ3) is 1.67. The zero-order valence-corrected chi connectivity index (χ0v) is 9.70. The van der Waals surface area contributed by atoms with E-state index in [2.05, 4.69) is 18.7 Å². The van der Waals surface area contributed by atoms with E-state index in [0.717, 1.165) is 38.6 Å². The molecule has 0 aromatic rings. The monoisotopic (exact) mass is 211 g/mol. The van der Waals surface area contributed by atoms with E-state index in [4.69, 9.17) is 0 Å². The predicted molar refractivity (Wildman–Crippen MR) is 58.8 cm³/mol. The minimum Gasteiger partial charge on any atom is -0.480 e. The average Bonchev–Trinajstić information content (AvgIpc) is 2.19. The Morgan fingerprint density at radius 3 is 2.20 bits per heavy atom. The van der Waals surface area contributed by atoms with E-state index in [1.165, 1.54) is 0 Å². The third-order valence-corrected chi connectivity index (χ3v) is 4.37. The minimum atomic E-state index is -0.596. The van der Waals surface area contributed by atoms with Gasteiger partial charge < -0.3 is 5.11 Å². The van der Waals surface area contributed by atoms with Crippen LogP contribution in [0, 0.1) is 5.92 Å². The molecule has 1 unspecified atom stereocenters. The van der Waals surface area contributed by atoms with E-state index in [9.17, 15) is 9.90 Å². The highest BCUT2D eigenvalue weighted by molar-refractivity contribution is 5.79. The maximum Gasteiger partial charge on any atom is 0.324 e. The number of nitrogens with zero attached hydrogens (tertiary/aromatic N) is 1. The van der Waals surface area contributed by atoms with E-state index in [-0.39, 0.29) is 0 Å². The van der Waals surface area contributed by atoms with Crippen LogP contribution in [0.1, 0.15) is 46.0 Å². The molecule has 2 rings (SSSR count). The molecule has 0 radical (unpaired) electrons. The van der Waals surface area contributed by atoms with Gasteiger partial charge in [0.15, 0.2) is 0 Å². The van der Waals surface area contributed by atoms with Crippen LogP contribution < -0.4 is 0 Å². The van der Waals surface area contributed by atoms with Crippen LogP contribution >= 0.6 is 0 Å². The quantitative estimate of drug-likeness (QED) is 0.760. The highest BCUT2D eigenvalue weighted by atomic mass is 16.4. The Bertz CT molecular complexity index is 256. The molecule has 3 heteroatoms. The van der Waals surface area contributed by atoms with Gasteiger partial charge in [-0.15, -0.1) is 0 Å². The molecule has 0 aromatic carbocycles. The van der Waals surface area contributed by atoms with Gasteiger partial charge in [0, 0.05) is 12.6 Å². The van der Waals surface area contributed by atoms with Crippen LogP contribution in [0.2, 0.25) is 0 Å². The second-order valence-corrected chi connectivity index (χ2v) is 5.35. The number of hydrogen-bond donors (Lipinski definition) is 1. The number of rotatable bonds is 2. The van der Waals surface area contributed by atoms with Gasteiger partial charge in [0.2, 0.25) is 0 Å². The molecule has 1 aliphatic carbocycles. The standard InChI is InChI=1S/C12H21NO2/c1-9-3-6-12(7-4-9,11(14)15)13-8-5-10(13)2/h9-10H,3-8H2,1-2H3,(H,14,15). The van der Waals surface area contributed by atoms with Crippen LogP contribution in [0.15, 0.2) is 0 Å². The lowest BCUT2D eigenvalue weighted by molar-refractivity contribution is -0.162. The van der Waals surface area contributed by atoms with Crippen molar-refractivity contribution in [1.82, 2.24) is 4.90 Å². The SMILES string of the molecule is CC1CCC(C(=O)O)(N2CCC2C)CC1. The van der Waals surface area contributed by atoms with Gasteiger partial charge in [-0.05, 0) is 44.9 Å². The summed E-state index contributed by atoms with van der Waals surface area (Å²) in [5.74, 6) is 0.106. The Kier molecular flexibility index (Phi) is 2.75. The van der Waals surface area contributed by atoms with E-state index in [1.807, 2.05) is 0 Å². The Labute approximate surface area is 91.5 Å². The fraction of sp³-hybridized carbons (Fsp3) is 0.917. The van der Waals surface area contributed by atoms with Crippen molar-refractivity contribution >= 4 is 5.97 Å². The highest BCUT2D eigenvalue weighted by Crippen LogP contribution is 2.41. The first-order chi connectivity index (χ1) is 7.06. The maximum atomic E-state index is 11.5. The molecule has 0 amide bonds. The van der Waals surface area contributed by atoms with Crippen LogP contribution in [-0.2, 0) is 4.79 Å². The maximum absolute atomic E-state index is 11.5. The summed E-state index contributed by atoms with van der Waals surface area (Å²) in [7, 11) is 0. The zero-order chi connectivity index (χ0) is 11.1. The largest absolute Gasteiger partial charge is 0.480 e. The molecule has 1 heterocycles. The number of aliphatic carboxylic acids is 1. The predicted octanol–water partition coefficient (Wildman–Crippen LogP) is 2.11. The van der Waals surface area contributed by atoms with Gasteiger partial charge in [-0.3, -0.25) is 9.69 Å². The van der Waals surface area contributed by atoms with Crippen molar-refractivity contribution in [2.45, 2.75) is 57.5 Å². The van der Waals surface area contributed by atoms with Gasteiger partial charge in [-0.25, -0.2) is 0 Å². The normalized spacial score (nSPS) is 42.3. The number of hydrogen-bond acceptors (Lipinski definition) is 2. The molecule has 2 fully saturated rings. The fourth-order valence-electron chi connectivity index (χ4n) is 3.02. The topological polar surface area (TPSA) is 40.5 Å². The molecule has 3 nitrogen and oxygen atoms in total. The number of carbonyl (C=O) groups is 1. The average molecular weight is 211 g/mol. The summed E-state index contributed by atoms with van der Waals surface area (Å²) in [6.07, 6.45) is 4.97. The molecular formula is C12H21NO2. The molecule has 0 bridgehead atoms. The Morgan fingerprint density at radius 2 is 1.87 bits per heavy atom. The molecule has 1 saturated heterocycles. The number of likely N-dealkylation sites (tertiary alicyclic amines) is 1. The molecule has 15 heavy (non-hydrogen) atoms. The molecule has 1 N–H and O–H groups in total. The first-order valence-corrected chi connectivity index (χ1v) is 6.06. The summed E-state index contributed by atoms with van der Waals surface area (Å²) in [6, 6.07) is 0.467. The van der Waals surface area contributed by atoms with Gasteiger partial charge in [-0.2, -0.15) is 0 Å². The van der Waals surface area contributed by atoms with Gasteiger partial charge >= 0.3 is 5.97 Å². The van der Waals surface area contributed by atoms with Gasteiger partial charge in [0.25, 0.3) is 0 Å². The van der Waals surface area contributed by atoms with Crippen molar-refractivity contribution in [1.29, 1.82) is 0 Å². The summed E-state index contributed by atoms with van der Waals surface area (Å²) in [6.45, 7) is 5.35. The molecular weight excluding hydrogens is 190 g/mol. The van der Waals surface area contributed by atoms with Crippen molar-refractivity contribution < 1.29 is 9.90 Å². The summed E-state index contributed by atoms with van der Waals surface area (Å²) in [4.78, 5) is 13.7. The number of carboxylic acids is 1. The van der Waals surface area contributed by atoms with Crippen molar-refractivity contribution in [3.8, 4) is 0 Å². The van der Waals surface area contributed by atoms with Crippen molar-refractivity contribution in [3.63, 3.8) is 0 Å². The van der Waals surface area contributed by atoms with Gasteiger partial charge in [0.05, 0.1) is 0 Å². The zero-order valence-electron chi connectivity index (χ0n) is 9.70. The molecule has 2 aliphatic rings. The van der Waals surface area contributed by atoms with Crippen LogP contribution in [0.5, 0.6) is 0 Å². The lowest BCUT2D eigenvalue weighted by Crippen LogP contribution is -2.64. The fourth-order valence-corrected chi connectivity index (χ4v) is 3.02. The lowest BCUT2D eigenvalue weighted by atomic mass is 9.74. The van der Waals surface area contributed by atoms with Crippen LogP contribution in [0.3, 0.4) is 0 Å². The Morgan fingerprint density at radius 1 is 1.27 bits per heavy atom. The van der Waals surface area contributed by atoms with Crippen molar-refractivity contribution in [2.24, 2.45) is 5.92 Å². The van der Waals surface area contributed by atoms with E-state index >= 15 is 0 Å². The molecule has 1 atom stereocenters. The number of carboxylic acid groups (broad SMARTS) is 1. The van der Waals surface area contributed by atoms with Crippen molar-refractivity contribution in [3.05, 3.63) is 0 Å². The minimum absolute atomic E-state index is 0.467. The summed E-state index contributed by atoms with van der Waals surface area (Å²) >= 11 is 0. The van der Waals surface area contributed by atoms with Crippen molar-refractivity contribution in [2.75, 3.05) is 6.54 Å². The summed E-state index contributed by atoms with van der Waals surface area (Å²) in [5.41, 5.74) is -0.524. The second-order valence-electron chi connectivity index (χ2n) is 5.35. The highest BCUT2D eigenvalue weighted by Gasteiger charge is 2.50. The molecule has 1 aliphatic heterocycles. The van der Waals surface area contributed by atoms with E-state index in [0.29, 0.717) is 12.0 Å². The Hall–Kier alpha value is -0.570. The van der Waals surface area contributed by atoms with Crippen LogP contribution in [0.4, 0.5) is 0 Å². The molecule has 86 valence electrons. The first-order valence-electron chi connectivity index (χ1n) is 6.06. The van der Waals surface area contributed by atoms with E-state index < -0.39 is 11.5 Å². The van der Waals surface area contributed by atoms with Gasteiger partial charge in [0.1, 0.15) is 5.54 Å². The molecule has 0 spiro atoms. The molecule has 0 aromatic heterocycles. The lowest BCUT2D eigenvalue weighted by Gasteiger charge is -2.52. The van der Waals surface area contributed by atoms with E-state index in [1.54, 1.807) is 0 Å². The summed E-state index contributed by atoms with van der Waals surface area (Å²) in [5, 5.41) is 9.49. The third-order valence-electron chi connectivity index (χ3n) is 4.37. The summed E-state index contributed by atoms with van der Waals surface area (Å²) < 4.78 is 0. The second kappa shape index (κ2) is 3.78. The smallest absolute Gasteiger partial charge is 0.324 e. The van der Waals surface area contributed by atoms with Crippen LogP contribution in [0.25, 0.3) is 0 Å². The van der Waals surface area contributed by atoms with Crippen LogP contribution in [-0.4, -0.2) is 34.1 Å². The Balaban J connectivity index is 2.14.